The van der Waals surface area contributed by atoms with Crippen molar-refractivity contribution in [2.45, 2.75) is 32.0 Å². The SMILES string of the molecule is C#C[C@@H]1C=C[C@@H](CC=C)[C@H](C)N1Cc1ccccc1. The van der Waals surface area contributed by atoms with E-state index in [4.69, 9.17) is 6.42 Å². The molecule has 19 heavy (non-hydrogen) atoms. The van der Waals surface area contributed by atoms with Crippen LogP contribution in [0.15, 0.2) is 55.1 Å². The Morgan fingerprint density at radius 2 is 2.05 bits per heavy atom. The number of benzene rings is 1. The van der Waals surface area contributed by atoms with Crippen LogP contribution in [0.4, 0.5) is 0 Å². The average Bonchev–Trinajstić information content (AvgIpc) is 2.45. The Morgan fingerprint density at radius 1 is 1.32 bits per heavy atom. The van der Waals surface area contributed by atoms with Crippen molar-refractivity contribution in [3.8, 4) is 12.3 Å². The summed E-state index contributed by atoms with van der Waals surface area (Å²) in [6.45, 7) is 7.00. The molecule has 0 bridgehead atoms. The first kappa shape index (κ1) is 13.6. The lowest BCUT2D eigenvalue weighted by molar-refractivity contribution is 0.143. The third-order valence-electron chi connectivity index (χ3n) is 3.86. The molecule has 1 aromatic rings. The van der Waals surface area contributed by atoms with Crippen molar-refractivity contribution in [3.05, 3.63) is 60.7 Å². The Kier molecular flexibility index (Phi) is 4.60. The summed E-state index contributed by atoms with van der Waals surface area (Å²) < 4.78 is 0. The molecule has 1 aliphatic rings. The van der Waals surface area contributed by atoms with Gasteiger partial charge in [0.05, 0.1) is 6.04 Å². The second kappa shape index (κ2) is 6.41. The molecular formula is C18H21N. The van der Waals surface area contributed by atoms with Crippen molar-refractivity contribution < 1.29 is 0 Å². The molecule has 0 N–H and O–H groups in total. The van der Waals surface area contributed by atoms with Gasteiger partial charge in [0.15, 0.2) is 0 Å². The van der Waals surface area contributed by atoms with E-state index in [1.54, 1.807) is 0 Å². The first-order chi connectivity index (χ1) is 9.26. The number of hydrogen-bond donors (Lipinski definition) is 0. The number of allylic oxidation sites excluding steroid dienone is 1. The topological polar surface area (TPSA) is 3.24 Å². The van der Waals surface area contributed by atoms with Crippen molar-refractivity contribution in [2.24, 2.45) is 5.92 Å². The molecule has 1 aromatic carbocycles. The zero-order valence-corrected chi connectivity index (χ0v) is 11.5. The lowest BCUT2D eigenvalue weighted by Crippen LogP contribution is -2.45. The molecule has 1 nitrogen and oxygen atoms in total. The predicted molar refractivity (Wildman–Crippen MR) is 81.5 cm³/mol. The van der Waals surface area contributed by atoms with Crippen LogP contribution >= 0.6 is 0 Å². The van der Waals surface area contributed by atoms with E-state index in [0.29, 0.717) is 12.0 Å². The highest BCUT2D eigenvalue weighted by Crippen LogP contribution is 2.26. The first-order valence-electron chi connectivity index (χ1n) is 6.81. The van der Waals surface area contributed by atoms with E-state index in [1.165, 1.54) is 5.56 Å². The number of rotatable bonds is 4. The number of hydrogen-bond acceptors (Lipinski definition) is 1. The molecule has 0 saturated heterocycles. The molecule has 98 valence electrons. The molecule has 0 unspecified atom stereocenters. The van der Waals surface area contributed by atoms with Crippen LogP contribution in [0.5, 0.6) is 0 Å². The van der Waals surface area contributed by atoms with E-state index in [0.717, 1.165) is 13.0 Å². The minimum Gasteiger partial charge on any atom is -0.279 e. The van der Waals surface area contributed by atoms with Crippen LogP contribution in [0.25, 0.3) is 0 Å². The molecule has 0 aromatic heterocycles. The Labute approximate surface area is 116 Å². The molecule has 0 radical (unpaired) electrons. The molecule has 0 aliphatic carbocycles. The molecule has 2 rings (SSSR count). The van der Waals surface area contributed by atoms with Crippen LogP contribution < -0.4 is 0 Å². The van der Waals surface area contributed by atoms with Crippen LogP contribution in [0, 0.1) is 18.3 Å². The lowest BCUT2D eigenvalue weighted by Gasteiger charge is -2.39. The molecule has 0 saturated carbocycles. The summed E-state index contributed by atoms with van der Waals surface area (Å²) >= 11 is 0. The van der Waals surface area contributed by atoms with Crippen molar-refractivity contribution in [2.75, 3.05) is 0 Å². The zero-order valence-electron chi connectivity index (χ0n) is 11.5. The van der Waals surface area contributed by atoms with Gasteiger partial charge in [-0.2, -0.15) is 0 Å². The molecule has 0 amide bonds. The summed E-state index contributed by atoms with van der Waals surface area (Å²) in [7, 11) is 0. The summed E-state index contributed by atoms with van der Waals surface area (Å²) in [5, 5.41) is 0. The zero-order chi connectivity index (χ0) is 13.7. The maximum atomic E-state index is 5.67. The monoisotopic (exact) mass is 251 g/mol. The molecule has 3 atom stereocenters. The predicted octanol–water partition coefficient (Wildman–Crippen LogP) is 3.64. The van der Waals surface area contributed by atoms with Gasteiger partial charge in [0.25, 0.3) is 0 Å². The van der Waals surface area contributed by atoms with Gasteiger partial charge in [0.1, 0.15) is 0 Å². The third kappa shape index (κ3) is 3.16. The third-order valence-corrected chi connectivity index (χ3v) is 3.86. The fourth-order valence-corrected chi connectivity index (χ4v) is 2.67. The van der Waals surface area contributed by atoms with Gasteiger partial charge < -0.3 is 0 Å². The largest absolute Gasteiger partial charge is 0.279 e. The average molecular weight is 251 g/mol. The molecule has 1 heterocycles. The maximum Gasteiger partial charge on any atom is 0.0903 e. The van der Waals surface area contributed by atoms with E-state index in [9.17, 15) is 0 Å². The van der Waals surface area contributed by atoms with Gasteiger partial charge in [-0.1, -0.05) is 54.5 Å². The van der Waals surface area contributed by atoms with E-state index in [-0.39, 0.29) is 6.04 Å². The lowest BCUT2D eigenvalue weighted by atomic mass is 9.89. The molecule has 0 fully saturated rings. The van der Waals surface area contributed by atoms with E-state index in [1.807, 2.05) is 12.1 Å². The fraction of sp³-hybridized carbons (Fsp3) is 0.333. The highest BCUT2D eigenvalue weighted by atomic mass is 15.2. The van der Waals surface area contributed by atoms with Crippen molar-refractivity contribution in [1.29, 1.82) is 0 Å². The molecule has 1 aliphatic heterocycles. The Morgan fingerprint density at radius 3 is 2.68 bits per heavy atom. The summed E-state index contributed by atoms with van der Waals surface area (Å²) in [6.07, 6.45) is 13.1. The van der Waals surface area contributed by atoms with Crippen LogP contribution in [-0.4, -0.2) is 17.0 Å². The van der Waals surface area contributed by atoms with Gasteiger partial charge >= 0.3 is 0 Å². The van der Waals surface area contributed by atoms with E-state index in [2.05, 4.69) is 60.7 Å². The summed E-state index contributed by atoms with van der Waals surface area (Å²) in [5.74, 6) is 3.39. The Hall–Kier alpha value is -1.78. The van der Waals surface area contributed by atoms with Gasteiger partial charge in [0, 0.05) is 12.6 Å². The van der Waals surface area contributed by atoms with Crippen LogP contribution in [0.1, 0.15) is 18.9 Å². The number of nitrogens with zero attached hydrogens (tertiary/aromatic N) is 1. The molecular weight excluding hydrogens is 230 g/mol. The van der Waals surface area contributed by atoms with E-state index >= 15 is 0 Å². The summed E-state index contributed by atoms with van der Waals surface area (Å²) in [6, 6.07) is 11.0. The minimum absolute atomic E-state index is 0.0938. The van der Waals surface area contributed by atoms with Crippen molar-refractivity contribution in [3.63, 3.8) is 0 Å². The smallest absolute Gasteiger partial charge is 0.0903 e. The summed E-state index contributed by atoms with van der Waals surface area (Å²) in [5.41, 5.74) is 1.31. The minimum atomic E-state index is 0.0938. The Bertz CT molecular complexity index is 480. The standard InChI is InChI=1S/C18H21N/c1-4-9-17-12-13-18(5-2)19(15(17)3)14-16-10-7-6-8-11-16/h2,4,6-8,10-13,15,17-18H,1,9,14H2,3H3/t15-,17+,18+/m0/s1. The van der Waals surface area contributed by atoms with Crippen LogP contribution in [0.3, 0.4) is 0 Å². The molecule has 0 spiro atoms. The number of terminal acetylenes is 1. The second-order valence-corrected chi connectivity index (χ2v) is 5.08. The van der Waals surface area contributed by atoms with E-state index < -0.39 is 0 Å². The van der Waals surface area contributed by atoms with Crippen molar-refractivity contribution >= 4 is 0 Å². The fourth-order valence-electron chi connectivity index (χ4n) is 2.67. The van der Waals surface area contributed by atoms with Crippen molar-refractivity contribution in [1.82, 2.24) is 4.90 Å². The van der Waals surface area contributed by atoms with Crippen LogP contribution in [0.2, 0.25) is 0 Å². The normalized spacial score (nSPS) is 26.8. The van der Waals surface area contributed by atoms with Gasteiger partial charge in [-0.05, 0) is 24.8 Å². The van der Waals surface area contributed by atoms with Gasteiger partial charge in [-0.25, -0.2) is 0 Å². The van der Waals surface area contributed by atoms with Gasteiger partial charge in [-0.15, -0.1) is 13.0 Å². The summed E-state index contributed by atoms with van der Waals surface area (Å²) in [4.78, 5) is 2.39. The molecule has 1 heteroatoms. The quantitative estimate of drug-likeness (QED) is 0.583. The Balaban J connectivity index is 2.18. The maximum absolute atomic E-state index is 5.67. The first-order valence-corrected chi connectivity index (χ1v) is 6.81. The van der Waals surface area contributed by atoms with Crippen LogP contribution in [-0.2, 0) is 6.54 Å². The van der Waals surface area contributed by atoms with Gasteiger partial charge in [-0.3, -0.25) is 4.90 Å². The highest BCUT2D eigenvalue weighted by Gasteiger charge is 2.29. The highest BCUT2D eigenvalue weighted by molar-refractivity contribution is 5.21. The van der Waals surface area contributed by atoms with Gasteiger partial charge in [0.2, 0.25) is 0 Å². The second-order valence-electron chi connectivity index (χ2n) is 5.08.